The first kappa shape index (κ1) is 15.6. The fraction of sp³-hybridized carbons (Fsp3) is 0.833. The Morgan fingerprint density at radius 3 is 2.10 bits per heavy atom. The van der Waals surface area contributed by atoms with Crippen molar-refractivity contribution in [2.45, 2.75) is 77.2 Å². The number of ether oxygens (including phenoxy) is 1. The van der Waals surface area contributed by atoms with Crippen LogP contribution >= 0.6 is 0 Å². The monoisotopic (exact) mass is 278 g/mol. The summed E-state index contributed by atoms with van der Waals surface area (Å²) in [5.41, 5.74) is 0. The van der Waals surface area contributed by atoms with Crippen LogP contribution in [0.2, 0.25) is 0 Å². The molecule has 0 bridgehead atoms. The van der Waals surface area contributed by atoms with Gasteiger partial charge >= 0.3 is 5.97 Å². The largest absolute Gasteiger partial charge is 0.462 e. The van der Waals surface area contributed by atoms with E-state index in [1.165, 1.54) is 44.9 Å². The van der Waals surface area contributed by atoms with Crippen LogP contribution in [0.3, 0.4) is 0 Å². The van der Waals surface area contributed by atoms with Crippen LogP contribution in [-0.4, -0.2) is 12.1 Å². The van der Waals surface area contributed by atoms with E-state index in [0.717, 1.165) is 30.6 Å². The van der Waals surface area contributed by atoms with Crippen LogP contribution in [0.15, 0.2) is 12.7 Å². The first-order valence-electron chi connectivity index (χ1n) is 8.53. The maximum absolute atomic E-state index is 11.5. The molecular weight excluding hydrogens is 248 g/mol. The molecule has 0 atom stereocenters. The molecule has 0 spiro atoms. The summed E-state index contributed by atoms with van der Waals surface area (Å²) in [4.78, 5) is 11.5. The molecule has 0 aromatic carbocycles. The van der Waals surface area contributed by atoms with E-state index in [2.05, 4.69) is 13.5 Å². The zero-order chi connectivity index (χ0) is 14.4. The zero-order valence-corrected chi connectivity index (χ0v) is 13.0. The molecule has 2 nitrogen and oxygen atoms in total. The quantitative estimate of drug-likeness (QED) is 0.529. The lowest BCUT2D eigenvalue weighted by atomic mass is 9.70. The molecule has 0 aliphatic heterocycles. The van der Waals surface area contributed by atoms with Crippen molar-refractivity contribution in [3.63, 3.8) is 0 Å². The molecule has 20 heavy (non-hydrogen) atoms. The third-order valence-electron chi connectivity index (χ3n) is 5.46. The van der Waals surface area contributed by atoms with Gasteiger partial charge < -0.3 is 4.74 Å². The first-order valence-corrected chi connectivity index (χ1v) is 8.53. The molecule has 2 rings (SSSR count). The van der Waals surface area contributed by atoms with Crippen molar-refractivity contribution in [3.05, 3.63) is 12.7 Å². The van der Waals surface area contributed by atoms with E-state index in [-0.39, 0.29) is 12.1 Å². The standard InChI is InChI=1S/C18H30O2/c1-3-5-18(19)20-17-12-10-16(11-13-17)15-8-6-14(4-2)7-9-15/h3,14-17H,1,4-13H2,2H3/t14-,15-,16-,17-. The summed E-state index contributed by atoms with van der Waals surface area (Å²) in [7, 11) is 0. The molecule has 0 aromatic heterocycles. The zero-order valence-electron chi connectivity index (χ0n) is 13.0. The van der Waals surface area contributed by atoms with E-state index in [4.69, 9.17) is 4.74 Å². The van der Waals surface area contributed by atoms with Crippen molar-refractivity contribution in [2.24, 2.45) is 17.8 Å². The Labute approximate surface area is 124 Å². The number of esters is 1. The topological polar surface area (TPSA) is 26.3 Å². The van der Waals surface area contributed by atoms with Gasteiger partial charge in [-0.05, 0) is 56.3 Å². The van der Waals surface area contributed by atoms with Gasteiger partial charge in [0.25, 0.3) is 0 Å². The number of carbonyl (C=O) groups is 1. The van der Waals surface area contributed by atoms with Gasteiger partial charge in [0.15, 0.2) is 0 Å². The predicted molar refractivity (Wildman–Crippen MR) is 82.4 cm³/mol. The molecule has 0 heterocycles. The normalized spacial score (nSPS) is 34.5. The number of rotatable bonds is 5. The van der Waals surface area contributed by atoms with E-state index in [0.29, 0.717) is 6.42 Å². The molecule has 2 heteroatoms. The highest BCUT2D eigenvalue weighted by molar-refractivity contribution is 5.71. The molecule has 0 aromatic rings. The average Bonchev–Trinajstić information content (AvgIpc) is 2.48. The molecule has 0 amide bonds. The van der Waals surface area contributed by atoms with Crippen LogP contribution in [0.4, 0.5) is 0 Å². The summed E-state index contributed by atoms with van der Waals surface area (Å²) in [5.74, 6) is 2.72. The summed E-state index contributed by atoms with van der Waals surface area (Å²) in [6, 6.07) is 0. The second kappa shape index (κ2) is 7.85. The van der Waals surface area contributed by atoms with E-state index in [1.54, 1.807) is 6.08 Å². The molecule has 2 aliphatic rings. The molecule has 114 valence electrons. The van der Waals surface area contributed by atoms with Gasteiger partial charge in [0.2, 0.25) is 0 Å². The highest BCUT2D eigenvalue weighted by atomic mass is 16.5. The van der Waals surface area contributed by atoms with E-state index in [1.807, 2.05) is 0 Å². The third kappa shape index (κ3) is 4.36. The van der Waals surface area contributed by atoms with Crippen LogP contribution in [-0.2, 0) is 9.53 Å². The van der Waals surface area contributed by atoms with Crippen LogP contribution in [0, 0.1) is 17.8 Å². The Morgan fingerprint density at radius 2 is 1.60 bits per heavy atom. The minimum Gasteiger partial charge on any atom is -0.462 e. The first-order chi connectivity index (χ1) is 9.72. The van der Waals surface area contributed by atoms with Crippen molar-refractivity contribution in [1.82, 2.24) is 0 Å². The molecule has 2 saturated carbocycles. The van der Waals surface area contributed by atoms with Gasteiger partial charge in [-0.2, -0.15) is 0 Å². The second-order valence-corrected chi connectivity index (χ2v) is 6.71. The molecule has 0 N–H and O–H groups in total. The SMILES string of the molecule is C=CCC(=O)O[C@H]1CC[C@H]([C@H]2CC[C@H](CC)CC2)CC1. The minimum absolute atomic E-state index is 0.105. The third-order valence-corrected chi connectivity index (χ3v) is 5.46. The highest BCUT2D eigenvalue weighted by Crippen LogP contribution is 2.41. The fourth-order valence-electron chi connectivity index (χ4n) is 4.10. The van der Waals surface area contributed by atoms with Crippen molar-refractivity contribution < 1.29 is 9.53 Å². The fourth-order valence-corrected chi connectivity index (χ4v) is 4.10. The molecule has 0 radical (unpaired) electrons. The maximum Gasteiger partial charge on any atom is 0.309 e. The van der Waals surface area contributed by atoms with Gasteiger partial charge in [0, 0.05) is 0 Å². The molecule has 2 fully saturated rings. The minimum atomic E-state index is -0.105. The van der Waals surface area contributed by atoms with Gasteiger partial charge in [-0.3, -0.25) is 4.79 Å². The smallest absolute Gasteiger partial charge is 0.309 e. The Balaban J connectivity index is 1.69. The summed E-state index contributed by atoms with van der Waals surface area (Å²) in [6.07, 6.45) is 13.9. The Morgan fingerprint density at radius 1 is 1.05 bits per heavy atom. The maximum atomic E-state index is 11.5. The average molecular weight is 278 g/mol. The Kier molecular flexibility index (Phi) is 6.12. The van der Waals surface area contributed by atoms with Crippen molar-refractivity contribution in [1.29, 1.82) is 0 Å². The van der Waals surface area contributed by atoms with Gasteiger partial charge in [-0.15, -0.1) is 6.58 Å². The van der Waals surface area contributed by atoms with Crippen LogP contribution in [0.5, 0.6) is 0 Å². The summed E-state index contributed by atoms with van der Waals surface area (Å²) >= 11 is 0. The molecule has 0 unspecified atom stereocenters. The van der Waals surface area contributed by atoms with Gasteiger partial charge in [-0.25, -0.2) is 0 Å². The summed E-state index contributed by atoms with van der Waals surface area (Å²) < 4.78 is 5.49. The Hall–Kier alpha value is -0.790. The number of hydrogen-bond acceptors (Lipinski definition) is 2. The lowest BCUT2D eigenvalue weighted by Gasteiger charge is -2.37. The highest BCUT2D eigenvalue weighted by Gasteiger charge is 2.31. The lowest BCUT2D eigenvalue weighted by Crippen LogP contribution is -2.29. The van der Waals surface area contributed by atoms with Crippen molar-refractivity contribution in [2.75, 3.05) is 0 Å². The van der Waals surface area contributed by atoms with Crippen molar-refractivity contribution in [3.8, 4) is 0 Å². The van der Waals surface area contributed by atoms with Crippen LogP contribution < -0.4 is 0 Å². The van der Waals surface area contributed by atoms with Crippen LogP contribution in [0.25, 0.3) is 0 Å². The van der Waals surface area contributed by atoms with Gasteiger partial charge in [-0.1, -0.05) is 32.3 Å². The van der Waals surface area contributed by atoms with Crippen molar-refractivity contribution >= 4 is 5.97 Å². The molecule has 0 saturated heterocycles. The molecule has 2 aliphatic carbocycles. The Bertz CT molecular complexity index is 307. The van der Waals surface area contributed by atoms with E-state index in [9.17, 15) is 4.79 Å². The van der Waals surface area contributed by atoms with E-state index >= 15 is 0 Å². The van der Waals surface area contributed by atoms with Gasteiger partial charge in [0.05, 0.1) is 6.42 Å². The van der Waals surface area contributed by atoms with Gasteiger partial charge in [0.1, 0.15) is 6.10 Å². The number of hydrogen-bond donors (Lipinski definition) is 0. The summed E-state index contributed by atoms with van der Waals surface area (Å²) in [5, 5.41) is 0. The van der Waals surface area contributed by atoms with Crippen LogP contribution in [0.1, 0.15) is 71.1 Å². The predicted octanol–water partition coefficient (Wildman–Crippen LogP) is 4.88. The second-order valence-electron chi connectivity index (χ2n) is 6.71. The van der Waals surface area contributed by atoms with E-state index < -0.39 is 0 Å². The number of carbonyl (C=O) groups excluding carboxylic acids is 1. The summed E-state index contributed by atoms with van der Waals surface area (Å²) in [6.45, 7) is 5.91. The molecular formula is C18H30O2. The lowest BCUT2D eigenvalue weighted by molar-refractivity contribution is -0.150.